The summed E-state index contributed by atoms with van der Waals surface area (Å²) in [4.78, 5) is 0. The molecule has 0 spiro atoms. The lowest BCUT2D eigenvalue weighted by Gasteiger charge is -2.01. The number of rotatable bonds is 1. The molecule has 0 amide bonds. The van der Waals surface area contributed by atoms with Gasteiger partial charge in [-0.2, -0.15) is 5.26 Å². The van der Waals surface area contributed by atoms with Gasteiger partial charge in [0.05, 0.1) is 12.5 Å². The molecular formula is C12H10FN. The summed E-state index contributed by atoms with van der Waals surface area (Å²) in [6.07, 6.45) is 1.23. The van der Waals surface area contributed by atoms with Gasteiger partial charge in [-0.25, -0.2) is 4.39 Å². The molecule has 0 heterocycles. The Morgan fingerprint density at radius 3 is 3.00 bits per heavy atom. The van der Waals surface area contributed by atoms with Crippen molar-refractivity contribution >= 4 is 5.57 Å². The highest BCUT2D eigenvalue weighted by atomic mass is 19.1. The van der Waals surface area contributed by atoms with Gasteiger partial charge < -0.3 is 0 Å². The zero-order valence-electron chi connectivity index (χ0n) is 7.97. The van der Waals surface area contributed by atoms with E-state index in [0.29, 0.717) is 6.42 Å². The van der Waals surface area contributed by atoms with Crippen LogP contribution in [0.5, 0.6) is 0 Å². The number of nitriles is 1. The van der Waals surface area contributed by atoms with E-state index in [4.69, 9.17) is 5.26 Å². The van der Waals surface area contributed by atoms with Crippen LogP contribution in [0, 0.1) is 17.1 Å². The van der Waals surface area contributed by atoms with Gasteiger partial charge in [-0.15, -0.1) is 0 Å². The molecule has 1 aromatic rings. The molecule has 0 saturated heterocycles. The quantitative estimate of drug-likeness (QED) is 0.662. The predicted octanol–water partition coefficient (Wildman–Crippen LogP) is 3.07. The zero-order chi connectivity index (χ0) is 10.1. The van der Waals surface area contributed by atoms with E-state index in [9.17, 15) is 4.39 Å². The zero-order valence-corrected chi connectivity index (χ0v) is 7.97. The molecule has 0 aromatic heterocycles. The number of hydrogen-bond acceptors (Lipinski definition) is 1. The second-order valence-corrected chi connectivity index (χ2v) is 3.57. The molecule has 1 nitrogen and oxygen atoms in total. The van der Waals surface area contributed by atoms with E-state index in [0.717, 1.165) is 23.1 Å². The van der Waals surface area contributed by atoms with Crippen molar-refractivity contribution in [1.29, 1.82) is 5.26 Å². The van der Waals surface area contributed by atoms with Crippen molar-refractivity contribution in [3.63, 3.8) is 0 Å². The van der Waals surface area contributed by atoms with Crippen LogP contribution in [0.25, 0.3) is 5.57 Å². The SMILES string of the molecule is CC1=C(CC#N)c2cc(F)ccc2C1. The number of benzene rings is 1. The van der Waals surface area contributed by atoms with Crippen molar-refractivity contribution in [2.45, 2.75) is 19.8 Å². The van der Waals surface area contributed by atoms with Gasteiger partial charge in [-0.1, -0.05) is 11.6 Å². The Hall–Kier alpha value is -1.62. The van der Waals surface area contributed by atoms with E-state index in [1.165, 1.54) is 17.7 Å². The van der Waals surface area contributed by atoms with Crippen LogP contribution in [0.15, 0.2) is 23.8 Å². The molecule has 2 rings (SSSR count). The standard InChI is InChI=1S/C12H10FN/c1-8-6-9-2-3-10(13)7-12(9)11(8)4-5-14/h2-3,7H,4,6H2,1H3. The summed E-state index contributed by atoms with van der Waals surface area (Å²) in [5, 5.41) is 8.66. The third-order valence-electron chi connectivity index (χ3n) is 2.62. The van der Waals surface area contributed by atoms with Crippen molar-refractivity contribution < 1.29 is 4.39 Å². The van der Waals surface area contributed by atoms with Gasteiger partial charge in [0, 0.05) is 0 Å². The minimum atomic E-state index is -0.228. The van der Waals surface area contributed by atoms with Crippen LogP contribution in [-0.4, -0.2) is 0 Å². The lowest BCUT2D eigenvalue weighted by Crippen LogP contribution is -1.86. The van der Waals surface area contributed by atoms with E-state index in [1.807, 2.05) is 6.92 Å². The summed E-state index contributed by atoms with van der Waals surface area (Å²) in [6, 6.07) is 6.92. The van der Waals surface area contributed by atoms with Crippen LogP contribution in [0.1, 0.15) is 24.5 Å². The number of allylic oxidation sites excluding steroid dienone is 2. The summed E-state index contributed by atoms with van der Waals surface area (Å²) in [5.74, 6) is -0.228. The molecule has 0 radical (unpaired) electrons. The van der Waals surface area contributed by atoms with E-state index in [-0.39, 0.29) is 5.82 Å². The van der Waals surface area contributed by atoms with Gasteiger partial charge in [0.2, 0.25) is 0 Å². The molecule has 0 atom stereocenters. The first-order chi connectivity index (χ1) is 6.72. The van der Waals surface area contributed by atoms with Crippen LogP contribution in [-0.2, 0) is 6.42 Å². The first kappa shape index (κ1) is 8.96. The van der Waals surface area contributed by atoms with Gasteiger partial charge in [0.15, 0.2) is 0 Å². The molecule has 0 fully saturated rings. The number of nitrogens with zero attached hydrogens (tertiary/aromatic N) is 1. The van der Waals surface area contributed by atoms with Crippen LogP contribution in [0.4, 0.5) is 4.39 Å². The predicted molar refractivity (Wildman–Crippen MR) is 52.9 cm³/mol. The summed E-state index contributed by atoms with van der Waals surface area (Å²) in [7, 11) is 0. The molecule has 1 aromatic carbocycles. The summed E-state index contributed by atoms with van der Waals surface area (Å²) < 4.78 is 13.0. The molecule has 14 heavy (non-hydrogen) atoms. The van der Waals surface area contributed by atoms with Crippen LogP contribution in [0.2, 0.25) is 0 Å². The number of hydrogen-bond donors (Lipinski definition) is 0. The van der Waals surface area contributed by atoms with E-state index < -0.39 is 0 Å². The minimum Gasteiger partial charge on any atom is -0.207 e. The maximum absolute atomic E-state index is 13.0. The second kappa shape index (κ2) is 3.26. The maximum Gasteiger partial charge on any atom is 0.123 e. The molecule has 2 heteroatoms. The van der Waals surface area contributed by atoms with E-state index >= 15 is 0 Å². The number of halogens is 1. The lowest BCUT2D eigenvalue weighted by molar-refractivity contribution is 0.627. The number of fused-ring (bicyclic) bond motifs is 1. The molecule has 0 aliphatic heterocycles. The van der Waals surface area contributed by atoms with E-state index in [1.54, 1.807) is 6.07 Å². The molecule has 1 aliphatic carbocycles. The average molecular weight is 187 g/mol. The highest BCUT2D eigenvalue weighted by Crippen LogP contribution is 2.34. The summed E-state index contributed by atoms with van der Waals surface area (Å²) in [6.45, 7) is 2.00. The summed E-state index contributed by atoms with van der Waals surface area (Å²) >= 11 is 0. The normalized spacial score (nSPS) is 14.1. The lowest BCUT2D eigenvalue weighted by atomic mass is 10.0. The fraction of sp³-hybridized carbons (Fsp3) is 0.250. The Labute approximate surface area is 82.5 Å². The van der Waals surface area contributed by atoms with Gasteiger partial charge >= 0.3 is 0 Å². The first-order valence-electron chi connectivity index (χ1n) is 4.56. The molecule has 0 unspecified atom stereocenters. The van der Waals surface area contributed by atoms with Gasteiger partial charge in [0.25, 0.3) is 0 Å². The fourth-order valence-electron chi connectivity index (χ4n) is 1.93. The average Bonchev–Trinajstić information content (AvgIpc) is 2.45. The maximum atomic E-state index is 13.0. The van der Waals surface area contributed by atoms with Gasteiger partial charge in [-0.05, 0) is 42.2 Å². The molecule has 1 aliphatic rings. The Kier molecular flexibility index (Phi) is 2.09. The second-order valence-electron chi connectivity index (χ2n) is 3.57. The monoisotopic (exact) mass is 187 g/mol. The first-order valence-corrected chi connectivity index (χ1v) is 4.56. The molecule has 0 bridgehead atoms. The van der Waals surface area contributed by atoms with Crippen molar-refractivity contribution in [2.24, 2.45) is 0 Å². The Balaban J connectivity index is 2.51. The van der Waals surface area contributed by atoms with E-state index in [2.05, 4.69) is 6.07 Å². The minimum absolute atomic E-state index is 0.228. The van der Waals surface area contributed by atoms with Crippen molar-refractivity contribution in [3.8, 4) is 6.07 Å². The molecular weight excluding hydrogens is 177 g/mol. The molecule has 0 saturated carbocycles. The van der Waals surface area contributed by atoms with Gasteiger partial charge in [-0.3, -0.25) is 0 Å². The smallest absolute Gasteiger partial charge is 0.123 e. The third-order valence-corrected chi connectivity index (χ3v) is 2.62. The Morgan fingerprint density at radius 2 is 2.29 bits per heavy atom. The fourth-order valence-corrected chi connectivity index (χ4v) is 1.93. The topological polar surface area (TPSA) is 23.8 Å². The van der Waals surface area contributed by atoms with Gasteiger partial charge in [0.1, 0.15) is 5.82 Å². The molecule has 70 valence electrons. The highest BCUT2D eigenvalue weighted by molar-refractivity contribution is 5.77. The van der Waals surface area contributed by atoms with Crippen LogP contribution in [0.3, 0.4) is 0 Å². The Morgan fingerprint density at radius 1 is 1.50 bits per heavy atom. The van der Waals surface area contributed by atoms with Crippen LogP contribution >= 0.6 is 0 Å². The third kappa shape index (κ3) is 1.31. The largest absolute Gasteiger partial charge is 0.207 e. The van der Waals surface area contributed by atoms with Crippen LogP contribution < -0.4 is 0 Å². The van der Waals surface area contributed by atoms with Crippen molar-refractivity contribution in [1.82, 2.24) is 0 Å². The van der Waals surface area contributed by atoms with Crippen molar-refractivity contribution in [2.75, 3.05) is 0 Å². The van der Waals surface area contributed by atoms with Crippen molar-refractivity contribution in [3.05, 3.63) is 40.7 Å². The molecule has 0 N–H and O–H groups in total. The summed E-state index contributed by atoms with van der Waals surface area (Å²) in [5.41, 5.74) is 4.24. The Bertz CT molecular complexity index is 452. The highest BCUT2D eigenvalue weighted by Gasteiger charge is 2.18.